The summed E-state index contributed by atoms with van der Waals surface area (Å²) in [5.74, 6) is 1.13. The molecule has 4 aromatic rings. The molecule has 0 aliphatic carbocycles. The van der Waals surface area contributed by atoms with Crippen molar-refractivity contribution in [3.63, 3.8) is 0 Å². The van der Waals surface area contributed by atoms with Crippen molar-refractivity contribution in [1.29, 1.82) is 0 Å². The number of nitrogens with one attached hydrogen (secondary N) is 2. The summed E-state index contributed by atoms with van der Waals surface area (Å²) in [7, 11) is 3.12. The molecule has 12 heteroatoms. The Morgan fingerprint density at radius 3 is 2.51 bits per heavy atom. The van der Waals surface area contributed by atoms with Crippen LogP contribution in [0.5, 0.6) is 17.2 Å². The minimum absolute atomic E-state index is 0.0411. The van der Waals surface area contributed by atoms with Crippen molar-refractivity contribution in [3.05, 3.63) is 92.0 Å². The lowest BCUT2D eigenvalue weighted by Gasteiger charge is -2.13. The predicted molar refractivity (Wildman–Crippen MR) is 157 cm³/mol. The molecule has 0 saturated carbocycles. The van der Waals surface area contributed by atoms with Gasteiger partial charge in [0, 0.05) is 5.56 Å². The second-order valence-corrected chi connectivity index (χ2v) is 10.2. The number of anilines is 1. The summed E-state index contributed by atoms with van der Waals surface area (Å²) in [6, 6.07) is 20.2. The number of aromatic nitrogens is 2. The topological polar surface area (TPSA) is 124 Å². The number of nitrogens with zero attached hydrogens (tertiary/aromatic N) is 3. The molecule has 4 rings (SSSR count). The van der Waals surface area contributed by atoms with Gasteiger partial charge >= 0.3 is 0 Å². The molecule has 0 aliphatic rings. The zero-order valence-corrected chi connectivity index (χ0v) is 24.0. The smallest absolute Gasteiger partial charge is 0.257 e. The monoisotopic (exact) mass is 657 g/mol. The summed E-state index contributed by atoms with van der Waals surface area (Å²) in [5.41, 5.74) is 4.70. The van der Waals surface area contributed by atoms with E-state index in [0.29, 0.717) is 39.6 Å². The predicted octanol–water partition coefficient (Wildman–Crippen LogP) is 4.68. The number of amides is 2. The summed E-state index contributed by atoms with van der Waals surface area (Å²) < 4.78 is 17.4. The normalized spacial score (nSPS) is 10.7. The molecule has 0 aliphatic heterocycles. The number of hydrogen-bond acceptors (Lipinski definition) is 9. The van der Waals surface area contributed by atoms with Crippen molar-refractivity contribution in [2.24, 2.45) is 5.10 Å². The van der Waals surface area contributed by atoms with Gasteiger partial charge in [-0.15, -0.1) is 10.2 Å². The van der Waals surface area contributed by atoms with Gasteiger partial charge in [0.1, 0.15) is 17.4 Å². The average Bonchev–Trinajstić information content (AvgIpc) is 3.39. The number of hydrogen-bond donors (Lipinski definition) is 2. The fraction of sp³-hybridized carbons (Fsp3) is 0.148. The number of methoxy groups -OCH3 is 2. The van der Waals surface area contributed by atoms with Gasteiger partial charge in [0.2, 0.25) is 11.0 Å². The molecule has 39 heavy (non-hydrogen) atoms. The van der Waals surface area contributed by atoms with Crippen molar-refractivity contribution in [1.82, 2.24) is 15.6 Å². The van der Waals surface area contributed by atoms with Gasteiger partial charge in [0.25, 0.3) is 5.91 Å². The standard InChI is InChI=1S/C27H24IN5O5S/c1-36-20-10-8-19(9-11-20)26(35)30-27-33-32-24(39-27)14-23(34)31-29-15-18-12-21(28)25(22(13-18)37-2)38-16-17-6-4-3-5-7-17/h3-13,15H,14,16H2,1-2H3,(H,31,34)(H,30,33,35)/b29-15+. The summed E-state index contributed by atoms with van der Waals surface area (Å²) in [5, 5.41) is 15.3. The van der Waals surface area contributed by atoms with Gasteiger partial charge in [-0.05, 0) is 70.1 Å². The van der Waals surface area contributed by atoms with Crippen LogP contribution in [0.1, 0.15) is 26.5 Å². The molecule has 0 saturated heterocycles. The molecule has 200 valence electrons. The number of halogens is 1. The summed E-state index contributed by atoms with van der Waals surface area (Å²) >= 11 is 3.28. The van der Waals surface area contributed by atoms with Crippen LogP contribution in [-0.2, 0) is 17.8 Å². The molecular formula is C27H24IN5O5S. The van der Waals surface area contributed by atoms with Crippen LogP contribution in [0.3, 0.4) is 0 Å². The first-order valence-corrected chi connectivity index (χ1v) is 13.5. The van der Waals surface area contributed by atoms with Crippen LogP contribution in [-0.4, -0.2) is 42.4 Å². The Bertz CT molecular complexity index is 1460. The van der Waals surface area contributed by atoms with Gasteiger partial charge in [-0.3, -0.25) is 14.9 Å². The average molecular weight is 657 g/mol. The van der Waals surface area contributed by atoms with Crippen LogP contribution >= 0.6 is 33.9 Å². The second-order valence-electron chi connectivity index (χ2n) is 7.96. The molecule has 0 unspecified atom stereocenters. The third-order valence-electron chi connectivity index (χ3n) is 5.23. The molecule has 0 spiro atoms. The van der Waals surface area contributed by atoms with E-state index < -0.39 is 0 Å². The van der Waals surface area contributed by atoms with Crippen molar-refractivity contribution in [2.75, 3.05) is 19.5 Å². The van der Waals surface area contributed by atoms with Crippen molar-refractivity contribution in [3.8, 4) is 17.2 Å². The zero-order valence-electron chi connectivity index (χ0n) is 21.0. The molecule has 2 amide bonds. The number of rotatable bonds is 11. The molecule has 2 N–H and O–H groups in total. The lowest BCUT2D eigenvalue weighted by atomic mass is 10.2. The van der Waals surface area contributed by atoms with Crippen LogP contribution < -0.4 is 25.0 Å². The fourth-order valence-electron chi connectivity index (χ4n) is 3.33. The van der Waals surface area contributed by atoms with E-state index in [2.05, 4.69) is 48.6 Å². The number of carbonyl (C=O) groups excluding carboxylic acids is 2. The highest BCUT2D eigenvalue weighted by molar-refractivity contribution is 14.1. The van der Waals surface area contributed by atoms with Gasteiger partial charge in [0.05, 0.1) is 30.4 Å². The molecule has 0 atom stereocenters. The van der Waals surface area contributed by atoms with Crippen LogP contribution in [0.25, 0.3) is 0 Å². The van der Waals surface area contributed by atoms with Gasteiger partial charge in [0.15, 0.2) is 11.5 Å². The highest BCUT2D eigenvalue weighted by Crippen LogP contribution is 2.34. The van der Waals surface area contributed by atoms with E-state index in [0.717, 1.165) is 26.0 Å². The molecule has 0 fully saturated rings. The third kappa shape index (κ3) is 7.97. The maximum absolute atomic E-state index is 12.4. The molecule has 3 aromatic carbocycles. The lowest BCUT2D eigenvalue weighted by molar-refractivity contribution is -0.120. The van der Waals surface area contributed by atoms with Crippen LogP contribution in [0.4, 0.5) is 5.13 Å². The second kappa shape index (κ2) is 13.7. The molecule has 10 nitrogen and oxygen atoms in total. The quantitative estimate of drug-likeness (QED) is 0.136. The van der Waals surface area contributed by atoms with Crippen LogP contribution in [0.15, 0.2) is 71.8 Å². The number of carbonyl (C=O) groups is 2. The number of benzene rings is 3. The highest BCUT2D eigenvalue weighted by atomic mass is 127. The Morgan fingerprint density at radius 2 is 1.79 bits per heavy atom. The van der Waals surface area contributed by atoms with Crippen molar-refractivity contribution in [2.45, 2.75) is 13.0 Å². The fourth-order valence-corrected chi connectivity index (χ4v) is 4.84. The SMILES string of the molecule is COc1ccc(C(=O)Nc2nnc(CC(=O)N/N=C/c3cc(I)c(OCc4ccccc4)c(OC)c3)s2)cc1. The Labute approximate surface area is 242 Å². The summed E-state index contributed by atoms with van der Waals surface area (Å²) in [6.07, 6.45) is 1.48. The van der Waals surface area contributed by atoms with Gasteiger partial charge < -0.3 is 14.2 Å². The van der Waals surface area contributed by atoms with Crippen molar-refractivity contribution < 1.29 is 23.8 Å². The van der Waals surface area contributed by atoms with Crippen LogP contribution in [0, 0.1) is 3.57 Å². The van der Waals surface area contributed by atoms with E-state index in [1.165, 1.54) is 6.21 Å². The van der Waals surface area contributed by atoms with Gasteiger partial charge in [-0.2, -0.15) is 5.10 Å². The lowest BCUT2D eigenvalue weighted by Crippen LogP contribution is -2.19. The third-order valence-corrected chi connectivity index (χ3v) is 6.87. The first-order chi connectivity index (χ1) is 18.9. The van der Waals surface area contributed by atoms with Gasteiger partial charge in [-0.1, -0.05) is 41.7 Å². The minimum Gasteiger partial charge on any atom is -0.497 e. The van der Waals surface area contributed by atoms with Gasteiger partial charge in [-0.25, -0.2) is 5.43 Å². The Hall–Kier alpha value is -4.04. The maximum Gasteiger partial charge on any atom is 0.257 e. The van der Waals surface area contributed by atoms with Crippen molar-refractivity contribution >= 4 is 57.1 Å². The summed E-state index contributed by atoms with van der Waals surface area (Å²) in [6.45, 7) is 0.412. The molecule has 1 aromatic heterocycles. The van der Waals surface area contributed by atoms with Crippen LogP contribution in [0.2, 0.25) is 0 Å². The number of ether oxygens (including phenoxy) is 3. The molecule has 0 radical (unpaired) electrons. The first-order valence-electron chi connectivity index (χ1n) is 11.6. The highest BCUT2D eigenvalue weighted by Gasteiger charge is 2.14. The molecule has 1 heterocycles. The number of hydrazone groups is 1. The van der Waals surface area contributed by atoms with E-state index in [-0.39, 0.29) is 18.2 Å². The Morgan fingerprint density at radius 1 is 1.03 bits per heavy atom. The first kappa shape index (κ1) is 28.0. The van der Waals surface area contributed by atoms with E-state index in [4.69, 9.17) is 14.2 Å². The van der Waals surface area contributed by atoms with E-state index in [1.807, 2.05) is 36.4 Å². The van der Waals surface area contributed by atoms with E-state index >= 15 is 0 Å². The largest absolute Gasteiger partial charge is 0.497 e. The van der Waals surface area contributed by atoms with E-state index in [1.54, 1.807) is 44.6 Å². The Kier molecular flexibility index (Phi) is 9.80. The maximum atomic E-state index is 12.4. The summed E-state index contributed by atoms with van der Waals surface area (Å²) in [4.78, 5) is 24.7. The minimum atomic E-state index is -0.375. The Balaban J connectivity index is 1.30. The molecular weight excluding hydrogens is 633 g/mol. The zero-order chi connectivity index (χ0) is 27.6. The van der Waals surface area contributed by atoms with E-state index in [9.17, 15) is 9.59 Å². The molecule has 0 bridgehead atoms.